The van der Waals surface area contributed by atoms with E-state index in [4.69, 9.17) is 27.9 Å². The molecule has 0 aliphatic rings. The Labute approximate surface area is 133 Å². The van der Waals surface area contributed by atoms with Gasteiger partial charge >= 0.3 is 0 Å². The van der Waals surface area contributed by atoms with Crippen LogP contribution in [0.3, 0.4) is 0 Å². The van der Waals surface area contributed by atoms with Crippen molar-refractivity contribution < 1.29 is 9.53 Å². The highest BCUT2D eigenvalue weighted by Crippen LogP contribution is 2.31. The molecular weight excluding hydrogens is 311 g/mol. The molecule has 1 N–H and O–H groups in total. The third-order valence-corrected chi connectivity index (χ3v) is 3.25. The molecule has 0 saturated carbocycles. The van der Waals surface area contributed by atoms with E-state index in [0.29, 0.717) is 22.3 Å². The van der Waals surface area contributed by atoms with Gasteiger partial charge in [-0.05, 0) is 36.2 Å². The lowest BCUT2D eigenvalue weighted by atomic mass is 10.2. The number of amides is 1. The molecule has 1 amide bonds. The van der Waals surface area contributed by atoms with Crippen molar-refractivity contribution in [1.29, 1.82) is 0 Å². The number of carbonyl (C=O) groups is 1. The summed E-state index contributed by atoms with van der Waals surface area (Å²) in [6, 6.07) is 7.01. The van der Waals surface area contributed by atoms with Gasteiger partial charge in [-0.15, -0.1) is 0 Å². The molecule has 21 heavy (non-hydrogen) atoms. The molecule has 0 saturated heterocycles. The summed E-state index contributed by atoms with van der Waals surface area (Å²) in [6.07, 6.45) is 3.38. The normalized spacial score (nSPS) is 10.2. The Bertz CT molecular complexity index is 610. The highest BCUT2D eigenvalue weighted by atomic mass is 35.5. The van der Waals surface area contributed by atoms with Crippen LogP contribution in [0.2, 0.25) is 10.0 Å². The quantitative estimate of drug-likeness (QED) is 0.917. The summed E-state index contributed by atoms with van der Waals surface area (Å²) in [5, 5.41) is 3.67. The van der Waals surface area contributed by atoms with E-state index in [-0.39, 0.29) is 12.5 Å². The van der Waals surface area contributed by atoms with Crippen molar-refractivity contribution >= 4 is 29.1 Å². The molecule has 0 spiro atoms. The van der Waals surface area contributed by atoms with Gasteiger partial charge in [0.2, 0.25) is 0 Å². The number of nitrogens with one attached hydrogen (secondary N) is 1. The van der Waals surface area contributed by atoms with Crippen molar-refractivity contribution in [1.82, 2.24) is 10.3 Å². The number of hydrogen-bond acceptors (Lipinski definition) is 3. The molecule has 1 aromatic heterocycles. The standard InChI is InChI=1S/C15H14Cl2N2O2/c1-10-5-12(16)6-13(17)15(10)21-9-14(20)19-8-11-3-2-4-18-7-11/h2-7H,8-9H2,1H3,(H,19,20). The molecule has 4 nitrogen and oxygen atoms in total. The number of hydrogen-bond donors (Lipinski definition) is 1. The second-order valence-electron chi connectivity index (χ2n) is 4.46. The van der Waals surface area contributed by atoms with Crippen LogP contribution < -0.4 is 10.1 Å². The molecule has 2 aromatic rings. The lowest BCUT2D eigenvalue weighted by molar-refractivity contribution is -0.123. The van der Waals surface area contributed by atoms with Gasteiger partial charge in [0.1, 0.15) is 5.75 Å². The molecular formula is C15H14Cl2N2O2. The molecule has 0 fully saturated rings. The first-order chi connectivity index (χ1) is 10.1. The molecule has 0 aliphatic carbocycles. The lowest BCUT2D eigenvalue weighted by Gasteiger charge is -2.11. The summed E-state index contributed by atoms with van der Waals surface area (Å²) < 4.78 is 5.45. The monoisotopic (exact) mass is 324 g/mol. The van der Waals surface area contributed by atoms with Crippen molar-refractivity contribution in [2.75, 3.05) is 6.61 Å². The maximum atomic E-state index is 11.8. The number of aromatic nitrogens is 1. The van der Waals surface area contributed by atoms with Gasteiger partial charge in [-0.25, -0.2) is 0 Å². The topological polar surface area (TPSA) is 51.2 Å². The van der Waals surface area contributed by atoms with E-state index in [2.05, 4.69) is 10.3 Å². The van der Waals surface area contributed by atoms with Crippen LogP contribution in [-0.2, 0) is 11.3 Å². The van der Waals surface area contributed by atoms with E-state index in [9.17, 15) is 4.79 Å². The predicted molar refractivity (Wildman–Crippen MR) is 82.8 cm³/mol. The van der Waals surface area contributed by atoms with Crippen LogP contribution in [0.15, 0.2) is 36.7 Å². The summed E-state index contributed by atoms with van der Waals surface area (Å²) in [5.74, 6) is 0.238. The smallest absolute Gasteiger partial charge is 0.258 e. The van der Waals surface area contributed by atoms with Gasteiger partial charge in [0.25, 0.3) is 5.91 Å². The number of carbonyl (C=O) groups excluding carboxylic acids is 1. The maximum Gasteiger partial charge on any atom is 0.258 e. The zero-order chi connectivity index (χ0) is 15.2. The summed E-state index contributed by atoms with van der Waals surface area (Å²) in [4.78, 5) is 15.7. The molecule has 6 heteroatoms. The minimum Gasteiger partial charge on any atom is -0.482 e. The zero-order valence-corrected chi connectivity index (χ0v) is 12.9. The number of nitrogens with zero attached hydrogens (tertiary/aromatic N) is 1. The zero-order valence-electron chi connectivity index (χ0n) is 11.4. The Morgan fingerprint density at radius 1 is 1.38 bits per heavy atom. The first kappa shape index (κ1) is 15.6. The van der Waals surface area contributed by atoms with Gasteiger partial charge in [0.15, 0.2) is 6.61 Å². The Morgan fingerprint density at radius 2 is 2.19 bits per heavy atom. The number of halogens is 2. The molecule has 110 valence electrons. The SMILES string of the molecule is Cc1cc(Cl)cc(Cl)c1OCC(=O)NCc1cccnc1. The average Bonchev–Trinajstić information content (AvgIpc) is 2.45. The van der Waals surface area contributed by atoms with E-state index in [1.807, 2.05) is 19.1 Å². The van der Waals surface area contributed by atoms with Crippen molar-refractivity contribution in [2.45, 2.75) is 13.5 Å². The molecule has 0 unspecified atom stereocenters. The summed E-state index contributed by atoms with van der Waals surface area (Å²) in [6.45, 7) is 2.12. The van der Waals surface area contributed by atoms with Crippen molar-refractivity contribution in [3.8, 4) is 5.75 Å². The van der Waals surface area contributed by atoms with Crippen LogP contribution in [0.1, 0.15) is 11.1 Å². The predicted octanol–water partition coefficient (Wildman–Crippen LogP) is 3.39. The minimum absolute atomic E-state index is 0.109. The van der Waals surface area contributed by atoms with Gasteiger partial charge in [-0.1, -0.05) is 29.3 Å². The van der Waals surface area contributed by atoms with Gasteiger partial charge < -0.3 is 10.1 Å². The largest absolute Gasteiger partial charge is 0.482 e. The first-order valence-electron chi connectivity index (χ1n) is 6.30. The summed E-state index contributed by atoms with van der Waals surface area (Å²) in [7, 11) is 0. The van der Waals surface area contributed by atoms with Crippen molar-refractivity contribution in [2.24, 2.45) is 0 Å². The molecule has 2 rings (SSSR count). The second-order valence-corrected chi connectivity index (χ2v) is 5.30. The van der Waals surface area contributed by atoms with Gasteiger partial charge in [-0.3, -0.25) is 9.78 Å². The fourth-order valence-corrected chi connectivity index (χ4v) is 2.41. The fourth-order valence-electron chi connectivity index (χ4n) is 1.76. The third-order valence-electron chi connectivity index (χ3n) is 2.75. The average molecular weight is 325 g/mol. The number of benzene rings is 1. The third kappa shape index (κ3) is 4.62. The molecule has 0 atom stereocenters. The molecule has 1 aromatic carbocycles. The van der Waals surface area contributed by atoms with Crippen LogP contribution in [0.4, 0.5) is 0 Å². The number of aryl methyl sites for hydroxylation is 1. The summed E-state index contributed by atoms with van der Waals surface area (Å²) in [5.41, 5.74) is 1.71. The minimum atomic E-state index is -0.232. The van der Waals surface area contributed by atoms with Gasteiger partial charge in [-0.2, -0.15) is 0 Å². The maximum absolute atomic E-state index is 11.8. The Balaban J connectivity index is 1.87. The van der Waals surface area contributed by atoms with Crippen LogP contribution in [-0.4, -0.2) is 17.5 Å². The van der Waals surface area contributed by atoms with Gasteiger partial charge in [0, 0.05) is 24.0 Å². The van der Waals surface area contributed by atoms with E-state index in [1.165, 1.54) is 0 Å². The van der Waals surface area contributed by atoms with E-state index in [0.717, 1.165) is 11.1 Å². The van der Waals surface area contributed by atoms with Crippen molar-refractivity contribution in [3.05, 3.63) is 57.8 Å². The Morgan fingerprint density at radius 3 is 2.86 bits per heavy atom. The molecule has 0 radical (unpaired) electrons. The van der Waals surface area contributed by atoms with Crippen LogP contribution in [0.25, 0.3) is 0 Å². The molecule has 0 aliphatic heterocycles. The van der Waals surface area contributed by atoms with E-state index < -0.39 is 0 Å². The second kappa shape index (κ2) is 7.29. The highest BCUT2D eigenvalue weighted by Gasteiger charge is 2.10. The van der Waals surface area contributed by atoms with Gasteiger partial charge in [0.05, 0.1) is 5.02 Å². The molecule has 0 bridgehead atoms. The van der Waals surface area contributed by atoms with E-state index in [1.54, 1.807) is 24.5 Å². The van der Waals surface area contributed by atoms with Crippen LogP contribution in [0, 0.1) is 6.92 Å². The number of ether oxygens (including phenoxy) is 1. The number of pyridine rings is 1. The summed E-state index contributed by atoms with van der Waals surface area (Å²) >= 11 is 11.9. The Kier molecular flexibility index (Phi) is 5.42. The Hall–Kier alpha value is -1.78. The molecule has 1 heterocycles. The van der Waals surface area contributed by atoms with Crippen LogP contribution in [0.5, 0.6) is 5.75 Å². The fraction of sp³-hybridized carbons (Fsp3) is 0.200. The highest BCUT2D eigenvalue weighted by molar-refractivity contribution is 6.35. The van der Waals surface area contributed by atoms with Crippen molar-refractivity contribution in [3.63, 3.8) is 0 Å². The van der Waals surface area contributed by atoms with E-state index >= 15 is 0 Å². The first-order valence-corrected chi connectivity index (χ1v) is 7.06. The number of rotatable bonds is 5. The lowest BCUT2D eigenvalue weighted by Crippen LogP contribution is -2.28. The van der Waals surface area contributed by atoms with Crippen LogP contribution >= 0.6 is 23.2 Å².